The van der Waals surface area contributed by atoms with Crippen LogP contribution in [-0.4, -0.2) is 60.2 Å². The van der Waals surface area contributed by atoms with E-state index in [0.29, 0.717) is 29.5 Å². The average Bonchev–Trinajstić information content (AvgIpc) is 3.34. The maximum Gasteiger partial charge on any atom is 0.335 e. The number of nitrogens with zero attached hydrogens (tertiary/aromatic N) is 5. The molecule has 170 valence electrons. The van der Waals surface area contributed by atoms with Crippen molar-refractivity contribution in [2.24, 2.45) is 0 Å². The predicted molar refractivity (Wildman–Crippen MR) is 122 cm³/mol. The summed E-state index contributed by atoms with van der Waals surface area (Å²) in [7, 11) is 5.09. The maximum absolute atomic E-state index is 13.1. The third kappa shape index (κ3) is 3.61. The molecule has 1 atom stereocenters. The Morgan fingerprint density at radius 3 is 2.66 bits per heavy atom. The van der Waals surface area contributed by atoms with Gasteiger partial charge in [-0.1, -0.05) is 19.8 Å². The van der Waals surface area contributed by atoms with Crippen LogP contribution in [0.3, 0.4) is 0 Å². The highest BCUT2D eigenvalue weighted by atomic mass is 16.5. The van der Waals surface area contributed by atoms with Crippen LogP contribution in [0.2, 0.25) is 0 Å². The molecule has 1 aromatic heterocycles. The summed E-state index contributed by atoms with van der Waals surface area (Å²) in [6.07, 6.45) is 6.81. The molecular formula is C23H29N5O4. The molecule has 2 aromatic rings. The van der Waals surface area contributed by atoms with Gasteiger partial charge in [-0.25, -0.2) is 9.78 Å². The van der Waals surface area contributed by atoms with Crippen LogP contribution >= 0.6 is 0 Å². The van der Waals surface area contributed by atoms with Crippen LogP contribution < -0.4 is 19.4 Å². The number of benzene rings is 1. The highest BCUT2D eigenvalue weighted by molar-refractivity contribution is 6.04. The SMILES string of the molecule is CC[C@@H]1C(=O)N(C)c2cnc(N(C)c3ccc(C(=O)O)cc3OC)nc2N1C1CCCC1. The number of ether oxygens (including phenoxy) is 1. The van der Waals surface area contributed by atoms with Gasteiger partial charge in [-0.05, 0) is 37.5 Å². The van der Waals surface area contributed by atoms with Crippen molar-refractivity contribution in [1.82, 2.24) is 9.97 Å². The minimum Gasteiger partial charge on any atom is -0.495 e. The zero-order valence-electron chi connectivity index (χ0n) is 18.9. The number of aromatic nitrogens is 2. The molecule has 0 radical (unpaired) electrons. The third-order valence-electron chi connectivity index (χ3n) is 6.49. The van der Waals surface area contributed by atoms with Crippen molar-refractivity contribution in [2.45, 2.75) is 51.1 Å². The van der Waals surface area contributed by atoms with Gasteiger partial charge in [-0.15, -0.1) is 0 Å². The van der Waals surface area contributed by atoms with E-state index in [1.165, 1.54) is 19.2 Å². The van der Waals surface area contributed by atoms with Crippen molar-refractivity contribution >= 4 is 35.0 Å². The summed E-state index contributed by atoms with van der Waals surface area (Å²) in [5.41, 5.74) is 1.50. The fourth-order valence-corrected chi connectivity index (χ4v) is 4.73. The van der Waals surface area contributed by atoms with Gasteiger partial charge in [0.15, 0.2) is 5.82 Å². The molecule has 1 amide bonds. The number of aromatic carboxylic acids is 1. The summed E-state index contributed by atoms with van der Waals surface area (Å²) in [6, 6.07) is 4.74. The molecule has 1 aliphatic carbocycles. The zero-order valence-corrected chi connectivity index (χ0v) is 18.9. The Morgan fingerprint density at radius 1 is 1.31 bits per heavy atom. The summed E-state index contributed by atoms with van der Waals surface area (Å²) in [6.45, 7) is 2.03. The van der Waals surface area contributed by atoms with Crippen LogP contribution in [0.25, 0.3) is 0 Å². The Hall–Kier alpha value is -3.36. The van der Waals surface area contributed by atoms with E-state index < -0.39 is 5.97 Å². The molecule has 2 aliphatic rings. The highest BCUT2D eigenvalue weighted by Crippen LogP contribution is 2.41. The van der Waals surface area contributed by atoms with Crippen LogP contribution in [0.1, 0.15) is 49.4 Å². The van der Waals surface area contributed by atoms with Crippen molar-refractivity contribution in [3.05, 3.63) is 30.0 Å². The van der Waals surface area contributed by atoms with Crippen LogP contribution in [0.5, 0.6) is 5.75 Å². The van der Waals surface area contributed by atoms with E-state index in [9.17, 15) is 14.7 Å². The van der Waals surface area contributed by atoms with E-state index >= 15 is 0 Å². The van der Waals surface area contributed by atoms with E-state index in [2.05, 4.69) is 9.88 Å². The molecule has 0 spiro atoms. The number of carbonyl (C=O) groups is 2. The van der Waals surface area contributed by atoms with Gasteiger partial charge in [0, 0.05) is 20.1 Å². The number of rotatable bonds is 6. The summed E-state index contributed by atoms with van der Waals surface area (Å²) in [5, 5.41) is 9.28. The van der Waals surface area contributed by atoms with Gasteiger partial charge in [-0.2, -0.15) is 4.98 Å². The topological polar surface area (TPSA) is 99.1 Å². The second-order valence-corrected chi connectivity index (χ2v) is 8.30. The number of amides is 1. The lowest BCUT2D eigenvalue weighted by atomic mass is 10.0. The molecular weight excluding hydrogens is 410 g/mol. The molecule has 1 aromatic carbocycles. The minimum absolute atomic E-state index is 0.0718. The van der Waals surface area contributed by atoms with Crippen molar-refractivity contribution < 1.29 is 19.4 Å². The maximum atomic E-state index is 13.1. The lowest BCUT2D eigenvalue weighted by molar-refractivity contribution is -0.120. The van der Waals surface area contributed by atoms with Crippen LogP contribution in [0.4, 0.5) is 23.1 Å². The Kier molecular flexibility index (Phi) is 5.90. The van der Waals surface area contributed by atoms with E-state index in [0.717, 1.165) is 31.5 Å². The largest absolute Gasteiger partial charge is 0.495 e. The normalized spacial score (nSPS) is 18.6. The predicted octanol–water partition coefficient (Wildman–Crippen LogP) is 3.46. The quantitative estimate of drug-likeness (QED) is 0.731. The first-order chi connectivity index (χ1) is 15.4. The summed E-state index contributed by atoms with van der Waals surface area (Å²) >= 11 is 0. The van der Waals surface area contributed by atoms with E-state index in [1.54, 1.807) is 29.1 Å². The van der Waals surface area contributed by atoms with E-state index in [1.807, 2.05) is 14.0 Å². The molecule has 1 aliphatic heterocycles. The van der Waals surface area contributed by atoms with Crippen LogP contribution in [0, 0.1) is 0 Å². The smallest absolute Gasteiger partial charge is 0.335 e. The molecule has 0 bridgehead atoms. The van der Waals surface area contributed by atoms with Crippen LogP contribution in [0.15, 0.2) is 24.4 Å². The van der Waals surface area contributed by atoms with Crippen molar-refractivity contribution in [3.63, 3.8) is 0 Å². The number of methoxy groups -OCH3 is 1. The molecule has 4 rings (SSSR count). The Balaban J connectivity index is 1.78. The van der Waals surface area contributed by atoms with Crippen molar-refractivity contribution in [1.29, 1.82) is 0 Å². The number of fused-ring (bicyclic) bond motifs is 1. The number of carbonyl (C=O) groups excluding carboxylic acids is 1. The molecule has 1 N–H and O–H groups in total. The van der Waals surface area contributed by atoms with Gasteiger partial charge in [-0.3, -0.25) is 4.79 Å². The first kappa shape index (κ1) is 21.9. The van der Waals surface area contributed by atoms with Gasteiger partial charge in [0.1, 0.15) is 17.5 Å². The first-order valence-electron chi connectivity index (χ1n) is 10.9. The van der Waals surface area contributed by atoms with Crippen LogP contribution in [-0.2, 0) is 4.79 Å². The van der Waals surface area contributed by atoms with Crippen molar-refractivity contribution in [3.8, 4) is 5.75 Å². The first-order valence-corrected chi connectivity index (χ1v) is 10.9. The molecule has 0 saturated heterocycles. The molecule has 2 heterocycles. The van der Waals surface area contributed by atoms with Gasteiger partial charge >= 0.3 is 5.97 Å². The molecule has 32 heavy (non-hydrogen) atoms. The monoisotopic (exact) mass is 439 g/mol. The van der Waals surface area contributed by atoms with Gasteiger partial charge in [0.25, 0.3) is 0 Å². The summed E-state index contributed by atoms with van der Waals surface area (Å²) < 4.78 is 5.44. The minimum atomic E-state index is -1.02. The molecule has 9 heteroatoms. The Labute approximate surface area is 187 Å². The molecule has 9 nitrogen and oxygen atoms in total. The van der Waals surface area contributed by atoms with E-state index in [4.69, 9.17) is 9.72 Å². The van der Waals surface area contributed by atoms with Gasteiger partial charge < -0.3 is 24.5 Å². The highest BCUT2D eigenvalue weighted by Gasteiger charge is 2.41. The summed E-state index contributed by atoms with van der Waals surface area (Å²) in [4.78, 5) is 39.4. The van der Waals surface area contributed by atoms with Gasteiger partial charge in [0.2, 0.25) is 11.9 Å². The molecule has 1 fully saturated rings. The second-order valence-electron chi connectivity index (χ2n) is 8.30. The number of hydrogen-bond donors (Lipinski definition) is 1. The fourth-order valence-electron chi connectivity index (χ4n) is 4.73. The zero-order chi connectivity index (χ0) is 23.0. The van der Waals surface area contributed by atoms with Crippen molar-refractivity contribution in [2.75, 3.05) is 35.9 Å². The van der Waals surface area contributed by atoms with E-state index in [-0.39, 0.29) is 23.6 Å². The standard InChI is InChI=1S/C23H29N5O4/c1-5-16-21(29)26(2)18-13-24-23(25-20(18)28(16)15-8-6-7-9-15)27(3)17-11-10-14(22(30)31)12-19(17)32-4/h10-13,15-16H,5-9H2,1-4H3,(H,30,31)/t16-/m1/s1. The lowest BCUT2D eigenvalue weighted by Crippen LogP contribution is -2.55. The molecule has 0 unspecified atom stereocenters. The summed E-state index contributed by atoms with van der Waals surface area (Å²) in [5.74, 6) is 0.685. The number of hydrogen-bond acceptors (Lipinski definition) is 7. The van der Waals surface area contributed by atoms with Gasteiger partial charge in [0.05, 0.1) is 24.6 Å². The lowest BCUT2D eigenvalue weighted by Gasteiger charge is -2.43. The number of anilines is 4. The third-order valence-corrected chi connectivity index (χ3v) is 6.49. The molecule has 1 saturated carbocycles. The average molecular weight is 440 g/mol. The number of carboxylic acids is 1. The Morgan fingerprint density at radius 2 is 2.03 bits per heavy atom. The number of carboxylic acid groups (broad SMARTS) is 1. The second kappa shape index (κ2) is 8.64. The number of likely N-dealkylation sites (N-methyl/N-ethyl adjacent to an activating group) is 1. The Bertz CT molecular complexity index is 1040. The fraction of sp³-hybridized carbons (Fsp3) is 0.478.